The fraction of sp³-hybridized carbons (Fsp3) is 0.545. The average molecular weight is 608 g/mol. The first-order chi connectivity index (χ1) is 20.8. The molecular formula is C33H45N5O6. The number of carbonyl (C=O) groups excluding carboxylic acids is 2. The highest BCUT2D eigenvalue weighted by Gasteiger charge is 2.33. The van der Waals surface area contributed by atoms with Crippen LogP contribution in [0.15, 0.2) is 18.2 Å². The Labute approximate surface area is 259 Å². The molecule has 1 unspecified atom stereocenters. The van der Waals surface area contributed by atoms with Crippen molar-refractivity contribution < 1.29 is 29.0 Å². The molecule has 0 aliphatic carbocycles. The molecule has 0 saturated carbocycles. The van der Waals surface area contributed by atoms with Crippen molar-refractivity contribution in [3.8, 4) is 11.5 Å². The van der Waals surface area contributed by atoms with E-state index in [1.54, 1.807) is 11.0 Å². The first-order valence-corrected chi connectivity index (χ1v) is 15.4. The molecule has 11 heteroatoms. The summed E-state index contributed by atoms with van der Waals surface area (Å²) in [5, 5.41) is 20.4. The van der Waals surface area contributed by atoms with Crippen LogP contribution in [-0.4, -0.2) is 77.9 Å². The topological polar surface area (TPSA) is 145 Å². The molecule has 1 aromatic heterocycles. The Hall–Kier alpha value is -4.15. The minimum absolute atomic E-state index is 0.0254. The van der Waals surface area contributed by atoms with Crippen LogP contribution < -0.4 is 19.7 Å². The number of hydrogen-bond donors (Lipinski definition) is 3. The predicted octanol–water partition coefficient (Wildman–Crippen LogP) is 4.78. The number of carboxylic acids is 1. The van der Waals surface area contributed by atoms with Crippen molar-refractivity contribution in [1.82, 2.24) is 15.2 Å². The summed E-state index contributed by atoms with van der Waals surface area (Å²) < 4.78 is 12.1. The molecule has 1 aromatic carbocycles. The molecule has 0 radical (unpaired) electrons. The molecule has 44 heavy (non-hydrogen) atoms. The quantitative estimate of drug-likeness (QED) is 0.216. The first kappa shape index (κ1) is 32.8. The van der Waals surface area contributed by atoms with E-state index in [-0.39, 0.29) is 41.7 Å². The number of pyridine rings is 1. The van der Waals surface area contributed by atoms with Crippen molar-refractivity contribution >= 4 is 29.2 Å². The highest BCUT2D eigenvalue weighted by Crippen LogP contribution is 2.43. The summed E-state index contributed by atoms with van der Waals surface area (Å²) in [6, 6.07) is 5.83. The van der Waals surface area contributed by atoms with E-state index in [1.165, 1.54) is 7.05 Å². The molecule has 4 rings (SSSR count). The number of aliphatic carboxylic acids is 1. The minimum atomic E-state index is -0.818. The standard InChI is InChI=1S/C33H45N5O6/c1-7-43-26-17-22-18-37(31(34)28(22)36-29(26)32(42)35-6)19-25(39)21-15-23(33(3,4)5)30(44-14-9-8-12-27(40)41)24(16-21)38-13-10-11-20(38)2/h15-17,20,34H,7-14,18-19H2,1-6H3,(H,35,42)(H,40,41). The molecule has 3 N–H and O–H groups in total. The molecule has 1 atom stereocenters. The molecule has 2 aromatic rings. The van der Waals surface area contributed by atoms with Gasteiger partial charge in [0.15, 0.2) is 17.2 Å². The van der Waals surface area contributed by atoms with E-state index in [0.29, 0.717) is 49.6 Å². The Morgan fingerprint density at radius 2 is 1.91 bits per heavy atom. The lowest BCUT2D eigenvalue weighted by atomic mass is 9.84. The van der Waals surface area contributed by atoms with Gasteiger partial charge in [0, 0.05) is 49.3 Å². The van der Waals surface area contributed by atoms with E-state index in [0.717, 1.165) is 42.0 Å². The lowest BCUT2D eigenvalue weighted by Crippen LogP contribution is -2.32. The Kier molecular flexibility index (Phi) is 10.2. The summed E-state index contributed by atoms with van der Waals surface area (Å²) in [5.41, 5.74) is 3.21. The number of anilines is 1. The fourth-order valence-corrected chi connectivity index (χ4v) is 5.78. The van der Waals surface area contributed by atoms with E-state index in [1.807, 2.05) is 19.1 Å². The number of ether oxygens (including phenoxy) is 2. The number of fused-ring (bicyclic) bond motifs is 1. The maximum absolute atomic E-state index is 13.9. The molecular weight excluding hydrogens is 562 g/mol. The van der Waals surface area contributed by atoms with Crippen LogP contribution in [0.25, 0.3) is 0 Å². The number of aromatic nitrogens is 1. The molecule has 3 heterocycles. The van der Waals surface area contributed by atoms with Gasteiger partial charge in [-0.15, -0.1) is 0 Å². The molecule has 1 amide bonds. The van der Waals surface area contributed by atoms with Gasteiger partial charge in [-0.3, -0.25) is 19.8 Å². The molecule has 0 bridgehead atoms. The van der Waals surface area contributed by atoms with Crippen molar-refractivity contribution in [2.45, 2.75) is 84.7 Å². The zero-order chi connectivity index (χ0) is 32.2. The number of hydrogen-bond acceptors (Lipinski definition) is 8. The van der Waals surface area contributed by atoms with E-state index in [9.17, 15) is 14.4 Å². The molecule has 238 valence electrons. The lowest BCUT2D eigenvalue weighted by molar-refractivity contribution is -0.137. The highest BCUT2D eigenvalue weighted by atomic mass is 16.5. The van der Waals surface area contributed by atoms with Crippen LogP contribution in [0, 0.1) is 5.41 Å². The average Bonchev–Trinajstić information content (AvgIpc) is 3.53. The second-order valence-electron chi connectivity index (χ2n) is 12.5. The van der Waals surface area contributed by atoms with Crippen LogP contribution in [0.5, 0.6) is 11.5 Å². The van der Waals surface area contributed by atoms with Crippen LogP contribution in [0.1, 0.15) is 104 Å². The van der Waals surface area contributed by atoms with Crippen molar-refractivity contribution in [3.05, 3.63) is 46.3 Å². The Morgan fingerprint density at radius 1 is 1.16 bits per heavy atom. The summed E-state index contributed by atoms with van der Waals surface area (Å²) in [5.74, 6) is -0.168. The van der Waals surface area contributed by atoms with Crippen LogP contribution in [0.4, 0.5) is 5.69 Å². The molecule has 2 aliphatic rings. The maximum Gasteiger partial charge on any atom is 0.303 e. The molecule has 2 aliphatic heterocycles. The maximum atomic E-state index is 13.9. The number of ketones is 1. The number of nitrogens with zero attached hydrogens (tertiary/aromatic N) is 3. The van der Waals surface area contributed by atoms with Gasteiger partial charge < -0.3 is 29.7 Å². The number of amides is 1. The van der Waals surface area contributed by atoms with Crippen molar-refractivity contribution in [2.24, 2.45) is 0 Å². The Balaban J connectivity index is 1.64. The van der Waals surface area contributed by atoms with Crippen molar-refractivity contribution in [3.63, 3.8) is 0 Å². The number of benzene rings is 1. The van der Waals surface area contributed by atoms with Gasteiger partial charge in [0.2, 0.25) is 0 Å². The van der Waals surface area contributed by atoms with Gasteiger partial charge in [0.25, 0.3) is 5.91 Å². The Bertz CT molecular complexity index is 1430. The third kappa shape index (κ3) is 7.14. The van der Waals surface area contributed by atoms with Gasteiger partial charge in [-0.05, 0) is 63.1 Å². The number of Topliss-reactive ketones (excluding diaryl/α,β-unsaturated/α-hetero) is 1. The molecule has 0 spiro atoms. The number of amidine groups is 1. The number of nitrogens with one attached hydrogen (secondary N) is 2. The summed E-state index contributed by atoms with van der Waals surface area (Å²) in [6.45, 7) is 12.1. The second-order valence-corrected chi connectivity index (χ2v) is 12.5. The van der Waals surface area contributed by atoms with Crippen LogP contribution >= 0.6 is 0 Å². The second kappa shape index (κ2) is 13.7. The third-order valence-corrected chi connectivity index (χ3v) is 8.14. The van der Waals surface area contributed by atoms with Gasteiger partial charge in [0.05, 0.1) is 25.4 Å². The van der Waals surface area contributed by atoms with Crippen LogP contribution in [-0.2, 0) is 16.8 Å². The summed E-state index contributed by atoms with van der Waals surface area (Å²) in [4.78, 5) is 45.8. The SMILES string of the molecule is CCOc1cc2c(nc1C(=O)NC)C(=N)N(CC(=O)c1cc(N3CCCC3C)c(OCCCCC(=O)O)c(C(C)(C)C)c1)C2. The number of carboxylic acid groups (broad SMARTS) is 1. The number of rotatable bonds is 13. The normalized spacial score (nSPS) is 16.2. The van der Waals surface area contributed by atoms with Gasteiger partial charge in [-0.2, -0.15) is 0 Å². The van der Waals surface area contributed by atoms with Crippen molar-refractivity contribution in [2.75, 3.05) is 38.3 Å². The third-order valence-electron chi connectivity index (χ3n) is 8.14. The van der Waals surface area contributed by atoms with Gasteiger partial charge >= 0.3 is 5.97 Å². The zero-order valence-corrected chi connectivity index (χ0v) is 26.7. The fourth-order valence-electron chi connectivity index (χ4n) is 5.78. The number of carbonyl (C=O) groups is 3. The smallest absolute Gasteiger partial charge is 0.303 e. The van der Waals surface area contributed by atoms with E-state index < -0.39 is 11.9 Å². The van der Waals surface area contributed by atoms with Gasteiger partial charge in [-0.25, -0.2) is 4.98 Å². The summed E-state index contributed by atoms with van der Waals surface area (Å²) in [6.07, 6.45) is 3.33. The number of unbranched alkanes of at least 4 members (excludes halogenated alkanes) is 1. The molecule has 1 fully saturated rings. The predicted molar refractivity (Wildman–Crippen MR) is 169 cm³/mol. The molecule has 11 nitrogen and oxygen atoms in total. The summed E-state index contributed by atoms with van der Waals surface area (Å²) >= 11 is 0. The Morgan fingerprint density at radius 3 is 2.52 bits per heavy atom. The lowest BCUT2D eigenvalue weighted by Gasteiger charge is -2.32. The van der Waals surface area contributed by atoms with Gasteiger partial charge in [-0.1, -0.05) is 20.8 Å². The van der Waals surface area contributed by atoms with Crippen LogP contribution in [0.2, 0.25) is 0 Å². The van der Waals surface area contributed by atoms with Crippen LogP contribution in [0.3, 0.4) is 0 Å². The molecule has 1 saturated heterocycles. The highest BCUT2D eigenvalue weighted by molar-refractivity contribution is 6.06. The van der Waals surface area contributed by atoms with E-state index >= 15 is 0 Å². The van der Waals surface area contributed by atoms with E-state index in [2.05, 4.69) is 42.9 Å². The first-order valence-electron chi connectivity index (χ1n) is 15.4. The van der Waals surface area contributed by atoms with E-state index in [4.69, 9.17) is 20.0 Å². The largest absolute Gasteiger partial charge is 0.491 e. The van der Waals surface area contributed by atoms with Gasteiger partial charge in [0.1, 0.15) is 17.3 Å². The zero-order valence-electron chi connectivity index (χ0n) is 26.7. The summed E-state index contributed by atoms with van der Waals surface area (Å²) in [7, 11) is 1.52. The minimum Gasteiger partial charge on any atom is -0.491 e. The monoisotopic (exact) mass is 607 g/mol. The van der Waals surface area contributed by atoms with Crippen molar-refractivity contribution in [1.29, 1.82) is 5.41 Å².